The topological polar surface area (TPSA) is 89.7 Å². The normalized spacial score (nSPS) is 19.3. The summed E-state index contributed by atoms with van der Waals surface area (Å²) in [5.41, 5.74) is 0.0531. The fraction of sp³-hybridized carbons (Fsp3) is 0.364. The predicted octanol–water partition coefficient (Wildman–Crippen LogP) is 2.39. The molecule has 1 amide bonds. The Morgan fingerprint density at radius 2 is 2.00 bits per heavy atom. The average molecular weight is 438 g/mol. The number of rotatable bonds is 3. The molecular formula is C11H9BrClF3N2O4S. The van der Waals surface area contributed by atoms with Gasteiger partial charge in [0.1, 0.15) is 11.0 Å². The minimum Gasteiger partial charge on any atom is -0.406 e. The lowest BCUT2D eigenvalue weighted by atomic mass is 10.2. The first-order valence-electron chi connectivity index (χ1n) is 5.95. The molecule has 1 aromatic rings. The molecule has 1 saturated heterocycles. The van der Waals surface area contributed by atoms with Gasteiger partial charge >= 0.3 is 6.36 Å². The van der Waals surface area contributed by atoms with Gasteiger partial charge in [-0.2, -0.15) is 0 Å². The lowest BCUT2D eigenvalue weighted by molar-refractivity contribution is -0.274. The van der Waals surface area contributed by atoms with E-state index in [9.17, 15) is 26.4 Å². The van der Waals surface area contributed by atoms with E-state index >= 15 is 0 Å². The zero-order chi connectivity index (χ0) is 17.6. The molecule has 0 saturated carbocycles. The quantitative estimate of drug-likeness (QED) is 0.786. The molecule has 2 rings (SSSR count). The maximum absolute atomic E-state index is 12.2. The molecule has 6 nitrogen and oxygen atoms in total. The van der Waals surface area contributed by atoms with Crippen LogP contribution in [0.5, 0.6) is 5.75 Å². The summed E-state index contributed by atoms with van der Waals surface area (Å²) in [6.07, 6.45) is -5.23. The average Bonchev–Trinajstić information content (AvgIpc) is 2.68. The van der Waals surface area contributed by atoms with Gasteiger partial charge in [0.25, 0.3) is 0 Å². The van der Waals surface area contributed by atoms with Crippen molar-refractivity contribution < 1.29 is 31.1 Å². The highest BCUT2D eigenvalue weighted by Crippen LogP contribution is 2.41. The van der Waals surface area contributed by atoms with Gasteiger partial charge in [-0.3, -0.25) is 4.79 Å². The number of hydrogen-bond acceptors (Lipinski definition) is 4. The molecule has 1 atom stereocenters. The molecule has 23 heavy (non-hydrogen) atoms. The molecular weight excluding hydrogens is 429 g/mol. The van der Waals surface area contributed by atoms with Crippen molar-refractivity contribution in [1.82, 2.24) is 0 Å². The van der Waals surface area contributed by atoms with Crippen LogP contribution in [0.4, 0.5) is 18.9 Å². The molecule has 128 valence electrons. The molecule has 2 N–H and O–H groups in total. The van der Waals surface area contributed by atoms with Gasteiger partial charge in [-0.1, -0.05) is 11.6 Å². The second kappa shape index (κ2) is 6.11. The van der Waals surface area contributed by atoms with Crippen LogP contribution in [-0.4, -0.2) is 32.5 Å². The van der Waals surface area contributed by atoms with Crippen LogP contribution in [0.3, 0.4) is 0 Å². The molecule has 12 heteroatoms. The van der Waals surface area contributed by atoms with E-state index in [2.05, 4.69) is 20.7 Å². The molecule has 1 heterocycles. The number of nitrogens with zero attached hydrogens (tertiary/aromatic N) is 1. The summed E-state index contributed by atoms with van der Waals surface area (Å²) < 4.78 is 63.2. The summed E-state index contributed by atoms with van der Waals surface area (Å²) in [4.78, 5) is 13.0. The monoisotopic (exact) mass is 436 g/mol. The molecule has 0 aliphatic carbocycles. The Labute approximate surface area is 142 Å². The van der Waals surface area contributed by atoms with Crippen LogP contribution in [0.1, 0.15) is 6.42 Å². The number of ether oxygens (including phenoxy) is 1. The first kappa shape index (κ1) is 18.3. The number of halogens is 5. The zero-order valence-corrected chi connectivity index (χ0v) is 14.3. The molecule has 1 unspecified atom stereocenters. The van der Waals surface area contributed by atoms with Crippen LogP contribution in [0.15, 0.2) is 16.6 Å². The van der Waals surface area contributed by atoms with Gasteiger partial charge in [-0.25, -0.2) is 13.6 Å². The summed E-state index contributed by atoms with van der Waals surface area (Å²) in [5, 5.41) is 3.70. The summed E-state index contributed by atoms with van der Waals surface area (Å²) in [6, 6.07) is 1.86. The molecule has 0 aromatic heterocycles. The molecule has 1 aliphatic rings. The molecule has 1 fully saturated rings. The maximum atomic E-state index is 12.2. The minimum absolute atomic E-state index is 0.0488. The van der Waals surface area contributed by atoms with E-state index in [4.69, 9.17) is 16.7 Å². The number of alkyl halides is 3. The number of anilines is 1. The van der Waals surface area contributed by atoms with Gasteiger partial charge in [0, 0.05) is 23.5 Å². The van der Waals surface area contributed by atoms with E-state index in [0.717, 1.165) is 17.0 Å². The predicted molar refractivity (Wildman–Crippen MR) is 79.7 cm³/mol. The standard InChI is InChI=1S/C11H9BrClF3N2O4S/c12-7-1-5(22-11(14,15)16)2-8(13)10(7)18-4-6(3-9(18)19)23(17,20)21/h1-2,6H,3-4H2,(H2,17,20,21). The van der Waals surface area contributed by atoms with E-state index in [-0.39, 0.29) is 28.1 Å². The van der Waals surface area contributed by atoms with Crippen molar-refractivity contribution >= 4 is 49.1 Å². The number of hydrogen-bond donors (Lipinski definition) is 1. The molecule has 1 aliphatic heterocycles. The third-order valence-corrected chi connectivity index (χ3v) is 5.19. The lowest BCUT2D eigenvalue weighted by Crippen LogP contribution is -2.32. The number of amides is 1. The Morgan fingerprint density at radius 3 is 2.43 bits per heavy atom. The van der Waals surface area contributed by atoms with Gasteiger partial charge in [-0.15, -0.1) is 13.2 Å². The molecule has 0 radical (unpaired) electrons. The smallest absolute Gasteiger partial charge is 0.406 e. The van der Waals surface area contributed by atoms with E-state index in [1.54, 1.807) is 0 Å². The van der Waals surface area contributed by atoms with E-state index in [0.29, 0.717) is 0 Å². The largest absolute Gasteiger partial charge is 0.573 e. The van der Waals surface area contributed by atoms with Crippen molar-refractivity contribution in [2.75, 3.05) is 11.4 Å². The van der Waals surface area contributed by atoms with Crippen molar-refractivity contribution in [1.29, 1.82) is 0 Å². The van der Waals surface area contributed by atoms with Gasteiger partial charge in [0.15, 0.2) is 0 Å². The Bertz CT molecular complexity index is 733. The SMILES string of the molecule is NS(=O)(=O)C1CC(=O)N(c2c(Cl)cc(OC(F)(F)F)cc2Br)C1. The number of primary sulfonamides is 1. The molecule has 1 aromatic carbocycles. The van der Waals surface area contributed by atoms with E-state index in [1.807, 2.05) is 0 Å². The number of benzene rings is 1. The lowest BCUT2D eigenvalue weighted by Gasteiger charge is -2.20. The summed E-state index contributed by atoms with van der Waals surface area (Å²) >= 11 is 8.93. The highest BCUT2D eigenvalue weighted by Gasteiger charge is 2.39. The van der Waals surface area contributed by atoms with Crippen molar-refractivity contribution in [3.8, 4) is 5.75 Å². The third kappa shape index (κ3) is 4.28. The summed E-state index contributed by atoms with van der Waals surface area (Å²) in [6.45, 7) is -0.241. The van der Waals surface area contributed by atoms with Crippen LogP contribution in [0.25, 0.3) is 0 Å². The van der Waals surface area contributed by atoms with Gasteiger partial charge in [-0.05, 0) is 22.0 Å². The molecule has 0 spiro atoms. The van der Waals surface area contributed by atoms with Crippen LogP contribution < -0.4 is 14.8 Å². The number of carbonyl (C=O) groups excluding carboxylic acids is 1. The number of carbonyl (C=O) groups is 1. The Morgan fingerprint density at radius 1 is 1.39 bits per heavy atom. The Kier molecular flexibility index (Phi) is 4.86. The zero-order valence-electron chi connectivity index (χ0n) is 11.1. The van der Waals surface area contributed by atoms with Crippen LogP contribution in [-0.2, 0) is 14.8 Å². The van der Waals surface area contributed by atoms with Crippen molar-refractivity contribution in [2.45, 2.75) is 18.0 Å². The Balaban J connectivity index is 2.36. The van der Waals surface area contributed by atoms with E-state index in [1.165, 1.54) is 0 Å². The second-order valence-electron chi connectivity index (χ2n) is 4.70. The maximum Gasteiger partial charge on any atom is 0.573 e. The van der Waals surface area contributed by atoms with Crippen molar-refractivity contribution in [3.05, 3.63) is 21.6 Å². The Hall–Kier alpha value is -1.04. The first-order chi connectivity index (χ1) is 10.4. The highest BCUT2D eigenvalue weighted by molar-refractivity contribution is 9.10. The third-order valence-electron chi connectivity index (χ3n) is 3.05. The van der Waals surface area contributed by atoms with Crippen LogP contribution in [0.2, 0.25) is 5.02 Å². The highest BCUT2D eigenvalue weighted by atomic mass is 79.9. The van der Waals surface area contributed by atoms with Gasteiger partial charge in [0.2, 0.25) is 15.9 Å². The summed E-state index contributed by atoms with van der Waals surface area (Å²) in [5.74, 6) is -1.14. The minimum atomic E-state index is -4.90. The first-order valence-corrected chi connectivity index (χ1v) is 8.73. The second-order valence-corrected chi connectivity index (χ2v) is 7.81. The van der Waals surface area contributed by atoms with Crippen molar-refractivity contribution in [2.24, 2.45) is 5.14 Å². The van der Waals surface area contributed by atoms with E-state index < -0.39 is 33.3 Å². The summed E-state index contributed by atoms with van der Waals surface area (Å²) in [7, 11) is -3.93. The number of nitrogens with two attached hydrogens (primary N) is 1. The molecule has 0 bridgehead atoms. The van der Waals surface area contributed by atoms with Crippen molar-refractivity contribution in [3.63, 3.8) is 0 Å². The fourth-order valence-electron chi connectivity index (χ4n) is 2.10. The van der Waals surface area contributed by atoms with Crippen LogP contribution >= 0.6 is 27.5 Å². The van der Waals surface area contributed by atoms with Gasteiger partial charge < -0.3 is 9.64 Å². The fourth-order valence-corrected chi connectivity index (χ4v) is 3.91. The van der Waals surface area contributed by atoms with Gasteiger partial charge in [0.05, 0.1) is 10.7 Å². The number of sulfonamides is 1. The van der Waals surface area contributed by atoms with Crippen LogP contribution in [0, 0.1) is 0 Å².